The summed E-state index contributed by atoms with van der Waals surface area (Å²) in [6, 6.07) is 17.8. The van der Waals surface area contributed by atoms with Gasteiger partial charge in [-0.2, -0.15) is 4.98 Å². The Bertz CT molecular complexity index is 766. The maximum absolute atomic E-state index is 5.80. The lowest BCUT2D eigenvalue weighted by molar-refractivity contribution is 0.287. The quantitative estimate of drug-likeness (QED) is 0.678. The number of rotatable bonds is 6. The number of ether oxygens (including phenoxy) is 2. The van der Waals surface area contributed by atoms with Crippen molar-refractivity contribution in [2.45, 2.75) is 13.2 Å². The second-order valence-corrected chi connectivity index (χ2v) is 5.28. The molecule has 0 aliphatic rings. The van der Waals surface area contributed by atoms with Gasteiger partial charge < -0.3 is 9.47 Å². The highest BCUT2D eigenvalue weighted by Crippen LogP contribution is 2.17. The third-order valence-electron chi connectivity index (χ3n) is 3.12. The Labute approximate surface area is 139 Å². The maximum atomic E-state index is 5.80. The van der Waals surface area contributed by atoms with E-state index in [4.69, 9.17) is 21.1 Å². The molecule has 0 spiro atoms. The van der Waals surface area contributed by atoms with Crippen LogP contribution in [0.25, 0.3) is 0 Å². The first-order chi connectivity index (χ1) is 11.3. The Morgan fingerprint density at radius 2 is 1.61 bits per heavy atom. The summed E-state index contributed by atoms with van der Waals surface area (Å²) in [5, 5.41) is 0.308. The van der Waals surface area contributed by atoms with Gasteiger partial charge in [0.2, 0.25) is 5.88 Å². The summed E-state index contributed by atoms with van der Waals surface area (Å²) in [4.78, 5) is 7.97. The first-order valence-corrected chi connectivity index (χ1v) is 7.53. The van der Waals surface area contributed by atoms with Crippen LogP contribution >= 0.6 is 11.6 Å². The fourth-order valence-electron chi connectivity index (χ4n) is 2.02. The number of nitrogens with zero attached hydrogens (tertiary/aromatic N) is 2. The first kappa shape index (κ1) is 15.3. The van der Waals surface area contributed by atoms with E-state index in [-0.39, 0.29) is 0 Å². The molecule has 3 rings (SSSR count). The summed E-state index contributed by atoms with van der Waals surface area (Å²) in [5.74, 6) is 1.19. The van der Waals surface area contributed by atoms with Gasteiger partial charge in [-0.15, -0.1) is 0 Å². The van der Waals surface area contributed by atoms with Gasteiger partial charge >= 0.3 is 0 Å². The van der Waals surface area contributed by atoms with Crippen LogP contribution in [0.2, 0.25) is 5.15 Å². The van der Waals surface area contributed by atoms with E-state index in [0.717, 1.165) is 16.9 Å². The van der Waals surface area contributed by atoms with Gasteiger partial charge in [0.15, 0.2) is 5.15 Å². The van der Waals surface area contributed by atoms with Crippen LogP contribution in [0.15, 0.2) is 67.0 Å². The molecule has 5 heteroatoms. The lowest BCUT2D eigenvalue weighted by Crippen LogP contribution is -1.99. The fourth-order valence-corrected chi connectivity index (χ4v) is 2.16. The van der Waals surface area contributed by atoms with Crippen molar-refractivity contribution >= 4 is 11.6 Å². The van der Waals surface area contributed by atoms with Crippen LogP contribution in [0.4, 0.5) is 0 Å². The van der Waals surface area contributed by atoms with E-state index in [1.165, 1.54) is 12.4 Å². The maximum Gasteiger partial charge on any atom is 0.234 e. The molecule has 116 valence electrons. The summed E-state index contributed by atoms with van der Waals surface area (Å²) >= 11 is 5.78. The van der Waals surface area contributed by atoms with Gasteiger partial charge in [0.1, 0.15) is 19.0 Å². The fraction of sp³-hybridized carbons (Fsp3) is 0.111. The van der Waals surface area contributed by atoms with Crippen molar-refractivity contribution in [3.05, 3.63) is 83.3 Å². The summed E-state index contributed by atoms with van der Waals surface area (Å²) < 4.78 is 11.4. The normalized spacial score (nSPS) is 10.3. The van der Waals surface area contributed by atoms with Gasteiger partial charge in [-0.25, -0.2) is 0 Å². The van der Waals surface area contributed by atoms with Crippen molar-refractivity contribution in [1.29, 1.82) is 0 Å². The predicted molar refractivity (Wildman–Crippen MR) is 88.6 cm³/mol. The second kappa shape index (κ2) is 7.61. The Kier molecular flexibility index (Phi) is 5.06. The highest BCUT2D eigenvalue weighted by Gasteiger charge is 2.01. The molecule has 0 fully saturated rings. The lowest BCUT2D eigenvalue weighted by Gasteiger charge is -2.09. The van der Waals surface area contributed by atoms with Crippen LogP contribution in [0, 0.1) is 0 Å². The zero-order chi connectivity index (χ0) is 15.9. The van der Waals surface area contributed by atoms with Crippen molar-refractivity contribution in [1.82, 2.24) is 9.97 Å². The third-order valence-corrected chi connectivity index (χ3v) is 3.30. The molecule has 0 saturated heterocycles. The van der Waals surface area contributed by atoms with E-state index in [1.807, 2.05) is 54.6 Å². The summed E-state index contributed by atoms with van der Waals surface area (Å²) in [7, 11) is 0. The first-order valence-electron chi connectivity index (χ1n) is 7.15. The van der Waals surface area contributed by atoms with Gasteiger partial charge in [0.05, 0.1) is 12.4 Å². The zero-order valence-electron chi connectivity index (χ0n) is 12.4. The average Bonchev–Trinajstić information content (AvgIpc) is 2.60. The Balaban J connectivity index is 1.59. The minimum Gasteiger partial charge on any atom is -0.489 e. The molecule has 0 atom stereocenters. The summed E-state index contributed by atoms with van der Waals surface area (Å²) in [5.41, 5.74) is 2.11. The molecule has 0 aliphatic carbocycles. The van der Waals surface area contributed by atoms with Crippen molar-refractivity contribution in [3.63, 3.8) is 0 Å². The number of halogens is 1. The van der Waals surface area contributed by atoms with Gasteiger partial charge in [-0.1, -0.05) is 54.1 Å². The minimum absolute atomic E-state index is 0.308. The van der Waals surface area contributed by atoms with E-state index in [2.05, 4.69) is 9.97 Å². The molecule has 1 aromatic heterocycles. The predicted octanol–water partition coefficient (Wildman–Crippen LogP) is 4.29. The number of benzene rings is 2. The van der Waals surface area contributed by atoms with Crippen LogP contribution in [0.3, 0.4) is 0 Å². The SMILES string of the molecule is Clc1cncc(OCc2cccc(OCc3ccccc3)c2)n1. The molecule has 0 saturated carbocycles. The number of hydrogen-bond acceptors (Lipinski definition) is 4. The lowest BCUT2D eigenvalue weighted by atomic mass is 10.2. The molecule has 1 heterocycles. The zero-order valence-corrected chi connectivity index (χ0v) is 13.1. The van der Waals surface area contributed by atoms with Gasteiger partial charge in [0, 0.05) is 0 Å². The Morgan fingerprint density at radius 3 is 2.43 bits per heavy atom. The molecule has 3 aromatic rings. The van der Waals surface area contributed by atoms with Crippen LogP contribution in [-0.2, 0) is 13.2 Å². The summed E-state index contributed by atoms with van der Waals surface area (Å²) in [6.07, 6.45) is 2.99. The average molecular weight is 327 g/mol. The van der Waals surface area contributed by atoms with E-state index < -0.39 is 0 Å². The Morgan fingerprint density at radius 1 is 0.826 bits per heavy atom. The smallest absolute Gasteiger partial charge is 0.234 e. The monoisotopic (exact) mass is 326 g/mol. The third kappa shape index (κ3) is 4.69. The van der Waals surface area contributed by atoms with Crippen molar-refractivity contribution < 1.29 is 9.47 Å². The van der Waals surface area contributed by atoms with Crippen LogP contribution in [0.5, 0.6) is 11.6 Å². The molecular formula is C18H15ClN2O2. The van der Waals surface area contributed by atoms with Gasteiger partial charge in [-0.3, -0.25) is 4.98 Å². The van der Waals surface area contributed by atoms with Crippen molar-refractivity contribution in [2.75, 3.05) is 0 Å². The molecule has 23 heavy (non-hydrogen) atoms. The second-order valence-electron chi connectivity index (χ2n) is 4.89. The van der Waals surface area contributed by atoms with E-state index >= 15 is 0 Å². The molecule has 0 unspecified atom stereocenters. The highest BCUT2D eigenvalue weighted by molar-refractivity contribution is 6.29. The molecular weight excluding hydrogens is 312 g/mol. The van der Waals surface area contributed by atoms with Crippen molar-refractivity contribution in [3.8, 4) is 11.6 Å². The minimum atomic E-state index is 0.308. The van der Waals surface area contributed by atoms with E-state index in [9.17, 15) is 0 Å². The number of hydrogen-bond donors (Lipinski definition) is 0. The van der Waals surface area contributed by atoms with Crippen LogP contribution in [-0.4, -0.2) is 9.97 Å². The van der Waals surface area contributed by atoms with Gasteiger partial charge in [-0.05, 0) is 23.3 Å². The highest BCUT2D eigenvalue weighted by atomic mass is 35.5. The Hall–Kier alpha value is -2.59. The molecule has 2 aromatic carbocycles. The van der Waals surface area contributed by atoms with Gasteiger partial charge in [0.25, 0.3) is 0 Å². The topological polar surface area (TPSA) is 44.2 Å². The summed E-state index contributed by atoms with van der Waals surface area (Å²) in [6.45, 7) is 0.905. The van der Waals surface area contributed by atoms with Crippen LogP contribution in [0.1, 0.15) is 11.1 Å². The molecule has 0 N–H and O–H groups in total. The van der Waals surface area contributed by atoms with E-state index in [1.54, 1.807) is 0 Å². The van der Waals surface area contributed by atoms with E-state index in [0.29, 0.717) is 24.2 Å². The van der Waals surface area contributed by atoms with Crippen LogP contribution < -0.4 is 9.47 Å². The van der Waals surface area contributed by atoms with Crippen molar-refractivity contribution in [2.24, 2.45) is 0 Å². The number of aromatic nitrogens is 2. The molecule has 0 aliphatic heterocycles. The molecule has 0 radical (unpaired) electrons. The molecule has 0 amide bonds. The molecule has 0 bridgehead atoms. The standard InChI is InChI=1S/C18H15ClN2O2/c19-17-10-20-11-18(21-17)23-13-15-7-4-8-16(9-15)22-12-14-5-2-1-3-6-14/h1-11H,12-13H2. The molecule has 4 nitrogen and oxygen atoms in total. The largest absolute Gasteiger partial charge is 0.489 e.